The van der Waals surface area contributed by atoms with Crippen LogP contribution in [-0.4, -0.2) is 120 Å². The summed E-state index contributed by atoms with van der Waals surface area (Å²) in [6.45, 7) is 18.3. The zero-order chi connectivity index (χ0) is 41.4. The Morgan fingerprint density at radius 2 is 0.571 bits per heavy atom. The van der Waals surface area contributed by atoms with Gasteiger partial charge in [-0.15, -0.1) is 17.1 Å². The Hall–Kier alpha value is 30.3. The number of hydrogen-bond acceptors (Lipinski definition) is 16. The van der Waals surface area contributed by atoms with E-state index in [-0.39, 0.29) is 1120 Å². The minimum Gasteiger partial charge on any atom is -0.466 e. The fourth-order valence-corrected chi connectivity index (χ4v) is 2.44. The number of urea groups is 1. The molecule has 0 saturated carbocycles. The molecule has 0 aromatic carbocycles. The molecule has 0 atom stereocenters. The van der Waals surface area contributed by atoms with Gasteiger partial charge < -0.3 is 58.0 Å². The Kier molecular flexibility index (Phi) is 522. The third-order valence-electron chi connectivity index (χ3n) is 4.95. The average Bonchev–Trinajstić information content (AvgIpc) is 3.04. The molecule has 2 rings (SSSR count). The first-order valence-corrected chi connectivity index (χ1v) is 16.4. The summed E-state index contributed by atoms with van der Waals surface area (Å²) in [5.74, 6) is -4.03. The van der Waals surface area contributed by atoms with E-state index in [1.54, 1.807) is 34.6 Å². The molecule has 2 aliphatic rings. The third-order valence-corrected chi connectivity index (χ3v) is 5.61. The summed E-state index contributed by atoms with van der Waals surface area (Å²) in [6, 6.07) is -0.777. The molecule has 0 spiro atoms. The largest absolute Gasteiger partial charge is 0.466 e. The van der Waals surface area contributed by atoms with Gasteiger partial charge in [-0.1, -0.05) is 46.6 Å². The van der Waals surface area contributed by atoms with Gasteiger partial charge in [-0.05, 0) is 39.9 Å². The van der Waals surface area contributed by atoms with Crippen molar-refractivity contribution in [3.05, 3.63) is 24.5 Å². The van der Waals surface area contributed by atoms with Crippen molar-refractivity contribution in [1.29, 1.82) is 0 Å². The number of amides is 6. The standard InChI is InChI=1S/2C7H12O4.C5H6N2O3.C5H6N2O2S.C4H7O.C4H7S.32Y/c2*1-3-10-6(8)5-7(9)11-4-2;2*1-7-4(9)2-3(8)6-5(7)10;2*1-3-4(2)5;;;;;;;;;;;;;;;;;;;;;;;;;;;;;;;;/h2*3-5H2,1-2H3;2*2H2,1H3,(H,6,8,10);2*2-3H2,1H3;;;;;;;;;;;;;;;;;;;;;;;;;;;;;;;;/q;;;;2*-1;;;;;;;;;;;;;;;;;;;;;;;;;;;;;;;;/p-2. The number of barbiturate groups is 1. The summed E-state index contributed by atoms with van der Waals surface area (Å²) in [4.78, 5) is 108. The number of ether oxygens (including phenoxy) is 4. The van der Waals surface area contributed by atoms with Crippen molar-refractivity contribution in [1.82, 2.24) is 9.80 Å². The van der Waals surface area contributed by atoms with Gasteiger partial charge in [-0.3, -0.25) is 43.2 Å². The van der Waals surface area contributed by atoms with Crippen molar-refractivity contribution in [3.63, 3.8) is 0 Å². The van der Waals surface area contributed by atoms with Crippen molar-refractivity contribution in [3.8, 4) is 0 Å². The summed E-state index contributed by atoms with van der Waals surface area (Å²) in [6.07, 6.45) is 0.456. The fraction of sp³-hybridized carbons (Fsp3) is 0.562. The second-order valence-corrected chi connectivity index (χ2v) is 10.1. The Labute approximate surface area is 1320 Å². The summed E-state index contributed by atoms with van der Waals surface area (Å²) in [5, 5.41) is 6.51. The van der Waals surface area contributed by atoms with Crippen LogP contribution in [0.25, 0.3) is 10.6 Å². The molecule has 2 fully saturated rings. The maximum atomic E-state index is 10.8. The smallest absolute Gasteiger partial charge is 0.317 e. The third kappa shape index (κ3) is 187. The summed E-state index contributed by atoms with van der Waals surface area (Å²) >= 11 is 9.19. The van der Waals surface area contributed by atoms with Crippen LogP contribution in [0.1, 0.15) is 80.1 Å². The van der Waals surface area contributed by atoms with Crippen LogP contribution in [0.3, 0.4) is 0 Å². The summed E-state index contributed by atoms with van der Waals surface area (Å²) < 4.78 is 18.1. The van der Waals surface area contributed by atoms with E-state index >= 15 is 0 Å². The number of carbonyl (C=O) groups is 10. The van der Waals surface area contributed by atoms with Gasteiger partial charge >= 0.3 is 23.9 Å². The van der Waals surface area contributed by atoms with Gasteiger partial charge in [-0.25, -0.2) is 0 Å². The molecule has 6 amide bonds. The fourth-order valence-electron chi connectivity index (χ4n) is 2.24. The molecule has 18 nitrogen and oxygen atoms in total. The Bertz CT molecular complexity index is 1170. The number of hydrogen-bond donors (Lipinski definition) is 0. The number of thiocarbonyl (C=S) groups is 2. The minimum absolute atomic E-state index is 0. The van der Waals surface area contributed by atoms with Gasteiger partial charge in [0, 0.05) is 1050 Å². The predicted molar refractivity (Wildman–Crippen MR) is 194 cm³/mol. The van der Waals surface area contributed by atoms with Crippen molar-refractivity contribution in [2.75, 3.05) is 40.5 Å². The zero-order valence-corrected chi connectivity index (χ0v) is 142. The predicted octanol–water partition coefficient (Wildman–Crippen LogP) is 3.23. The van der Waals surface area contributed by atoms with Crippen LogP contribution >= 0.6 is 24.4 Å². The SMILES string of the molecule is CCOC(=O)CC(=O)OCC.CCOC(=O)CC(=O)OCC.CN1C(=O)CC(=O)[N-]C1=O.CN1C(=O)CC(=O)[N-]C1=S.[CH2-]C(=O)CC.[CH2-]C(=S)CC.[Y].[Y].[Y].[Y].[Y].[Y].[Y].[Y].[Y].[Y].[Y].[Y].[Y].[Y].[Y].[Y].[Y].[Y].[Y].[Y].[Y].[Y].[Y].[Y].[Y].[Y].[Y].[Y].[Y].[Y].[Y].[Y]. The summed E-state index contributed by atoms with van der Waals surface area (Å²) in [7, 11) is 2.79. The Morgan fingerprint density at radius 3 is 0.714 bits per heavy atom. The maximum Gasteiger partial charge on any atom is 0.317 e. The van der Waals surface area contributed by atoms with Crippen LogP contribution in [-0.2, 0) is 1110 Å². The molecule has 52 heteroatoms. The Balaban J connectivity index is -0.00000000911. The molecule has 392 valence electrons. The quantitative estimate of drug-likeness (QED) is 0.100. The van der Waals surface area contributed by atoms with Crippen LogP contribution < -0.4 is 0 Å². The van der Waals surface area contributed by atoms with Crippen LogP contribution in [0.2, 0.25) is 0 Å². The van der Waals surface area contributed by atoms with Crippen molar-refractivity contribution < 1.29 is 1110 Å². The molecule has 0 aromatic rings. The number of esters is 4. The minimum atomic E-state index is -0.777. The molecular formula is C32H48N4O14S2Y32-4. The molecule has 0 aromatic heterocycles. The van der Waals surface area contributed by atoms with Crippen LogP contribution in [0, 0.1) is 13.8 Å². The van der Waals surface area contributed by atoms with Crippen LogP contribution in [0.15, 0.2) is 0 Å². The number of imide groups is 2. The van der Waals surface area contributed by atoms with Crippen molar-refractivity contribution >= 4 is 93.7 Å². The van der Waals surface area contributed by atoms with E-state index in [0.29, 0.717) is 6.42 Å². The molecule has 0 unspecified atom stereocenters. The number of nitrogens with zero attached hydrogens (tertiary/aromatic N) is 4. The number of carbonyl (C=O) groups excluding carboxylic acids is 10. The molecular weight excluding hydrogens is 3570 g/mol. The van der Waals surface area contributed by atoms with Gasteiger partial charge in [0.2, 0.25) is 0 Å². The van der Waals surface area contributed by atoms with Gasteiger partial charge in [0.15, 0.2) is 29.7 Å². The molecule has 0 bridgehead atoms. The van der Waals surface area contributed by atoms with Crippen molar-refractivity contribution in [2.24, 2.45) is 0 Å². The van der Waals surface area contributed by atoms with E-state index in [1.807, 2.05) is 6.92 Å². The van der Waals surface area contributed by atoms with Crippen LogP contribution in [0.5, 0.6) is 0 Å². The number of ketones is 1. The number of Topliss-reactive ketones (excluding diaryl/α,β-unsaturated/α-hetero) is 1. The van der Waals surface area contributed by atoms with E-state index in [2.05, 4.69) is 67.9 Å². The van der Waals surface area contributed by atoms with E-state index in [4.69, 9.17) is 0 Å². The Morgan fingerprint density at radius 1 is 0.393 bits per heavy atom. The van der Waals surface area contributed by atoms with Crippen molar-refractivity contribution in [2.45, 2.75) is 80.1 Å². The van der Waals surface area contributed by atoms with E-state index in [1.165, 1.54) is 19.0 Å². The molecule has 2 saturated heterocycles. The van der Waals surface area contributed by atoms with Gasteiger partial charge in [-0.2, -0.15) is 0 Å². The molecule has 0 aliphatic carbocycles. The van der Waals surface area contributed by atoms with Gasteiger partial charge in [0.25, 0.3) is 0 Å². The molecule has 2 aliphatic heterocycles. The molecule has 0 N–H and O–H groups in total. The maximum absolute atomic E-state index is 10.8. The number of rotatable bonds is 10. The van der Waals surface area contributed by atoms with E-state index < -0.39 is 47.6 Å². The van der Waals surface area contributed by atoms with Gasteiger partial charge in [0.05, 0.1) is 39.3 Å². The molecule has 32 radical (unpaired) electrons. The zero-order valence-electron chi connectivity index (χ0n) is 49.3. The molecule has 2 heterocycles. The van der Waals surface area contributed by atoms with E-state index in [0.717, 1.165) is 16.2 Å². The van der Waals surface area contributed by atoms with Gasteiger partial charge in [0.1, 0.15) is 12.8 Å². The second kappa shape index (κ2) is 183. The summed E-state index contributed by atoms with van der Waals surface area (Å²) in [5.41, 5.74) is 0. The normalized spacial score (nSPS) is 7.81. The first-order valence-electron chi connectivity index (χ1n) is 15.6. The topological polar surface area (TPSA) is 242 Å². The monoisotopic (exact) mass is 3620 g/mol. The first-order chi connectivity index (χ1) is 24.2. The molecule has 84 heavy (non-hydrogen) atoms. The van der Waals surface area contributed by atoms with Crippen LogP contribution in [0.4, 0.5) is 4.79 Å². The first kappa shape index (κ1) is 239. The van der Waals surface area contributed by atoms with E-state index in [9.17, 15) is 47.9 Å². The second-order valence-electron chi connectivity index (χ2n) is 9.19. The average molecular weight is 3620 g/mol.